The van der Waals surface area contributed by atoms with Gasteiger partial charge in [-0.15, -0.1) is 0 Å². The van der Waals surface area contributed by atoms with Gasteiger partial charge in [-0.25, -0.2) is 9.59 Å². The van der Waals surface area contributed by atoms with Crippen LogP contribution in [0.1, 0.15) is 13.8 Å². The molecular weight excluding hydrogens is 191 g/mol. The molecule has 4 nitrogen and oxygen atoms in total. The number of carbonyl (C=O) groups is 2. The lowest BCUT2D eigenvalue weighted by atomic mass is 10.4. The highest BCUT2D eigenvalue weighted by molar-refractivity contribution is 6.92. The summed E-state index contributed by atoms with van der Waals surface area (Å²) in [6.07, 6.45) is 0. The number of carboxylic acid groups (broad SMARTS) is 2. The van der Waals surface area contributed by atoms with Gasteiger partial charge in [0.15, 0.2) is 0 Å². The van der Waals surface area contributed by atoms with Crippen LogP contribution in [-0.4, -0.2) is 22.2 Å². The molecule has 13 heavy (non-hydrogen) atoms. The Morgan fingerprint density at radius 3 is 1.00 bits per heavy atom. The molecule has 0 saturated heterocycles. The third-order valence-electron chi connectivity index (χ3n) is 0.730. The predicted molar refractivity (Wildman–Crippen MR) is 56.0 cm³/mol. The molecule has 1 unspecified atom stereocenters. The Bertz CT molecular complexity index is 172. The zero-order chi connectivity index (χ0) is 10.3. The van der Waals surface area contributed by atoms with Crippen LogP contribution in [0.3, 0.4) is 0 Å². The van der Waals surface area contributed by atoms with E-state index in [1.165, 1.54) is 13.8 Å². The van der Waals surface area contributed by atoms with Gasteiger partial charge in [0.1, 0.15) is 0 Å². The fraction of sp³-hybridized carbons (Fsp3) is 0.250. The topological polar surface area (TPSA) is 74.6 Å². The number of hydrogen-bond acceptors (Lipinski definition) is 2. The van der Waals surface area contributed by atoms with Crippen molar-refractivity contribution in [3.8, 4) is 0 Å². The van der Waals surface area contributed by atoms with Gasteiger partial charge in [-0.05, 0) is 13.8 Å². The zero-order valence-corrected chi connectivity index (χ0v) is 9.25. The third kappa shape index (κ3) is 18.1. The molecule has 0 rings (SSSR count). The molecule has 0 aromatic carbocycles. The Hall–Kier alpha value is -1.15. The summed E-state index contributed by atoms with van der Waals surface area (Å²) in [6.45, 7) is 9.20. The summed E-state index contributed by atoms with van der Waals surface area (Å²) < 4.78 is 0. The van der Waals surface area contributed by atoms with Crippen molar-refractivity contribution in [3.05, 3.63) is 24.3 Å². The molecule has 0 aliphatic carbocycles. The number of aliphatic carboxylic acids is 2. The van der Waals surface area contributed by atoms with Crippen molar-refractivity contribution in [2.75, 3.05) is 0 Å². The monoisotopic (exact) mass is 206 g/mol. The lowest BCUT2D eigenvalue weighted by molar-refractivity contribution is -0.133. The first-order valence-corrected chi connectivity index (χ1v) is 3.06. The Kier molecular flexibility index (Phi) is 12.3. The number of carboxylic acids is 2. The molecule has 0 aliphatic rings. The summed E-state index contributed by atoms with van der Waals surface area (Å²) in [4.78, 5) is 19.2. The summed E-state index contributed by atoms with van der Waals surface area (Å²) in [5.74, 6) is -1.87. The maximum Gasteiger partial charge on any atom is 0.330 e. The van der Waals surface area contributed by atoms with Crippen LogP contribution in [0.4, 0.5) is 0 Å². The summed E-state index contributed by atoms with van der Waals surface area (Å²) in [7, 11) is 0. The maximum absolute atomic E-state index is 9.60. The van der Waals surface area contributed by atoms with E-state index in [2.05, 4.69) is 13.2 Å². The lowest BCUT2D eigenvalue weighted by Gasteiger charge is -1.79. The second-order valence-electron chi connectivity index (χ2n) is 2.17. The molecule has 0 aromatic rings. The van der Waals surface area contributed by atoms with Gasteiger partial charge in [-0.1, -0.05) is 13.2 Å². The van der Waals surface area contributed by atoms with Gasteiger partial charge in [0, 0.05) is 11.1 Å². The lowest BCUT2D eigenvalue weighted by Crippen LogP contribution is -1.92. The van der Waals surface area contributed by atoms with Crippen molar-refractivity contribution in [2.45, 2.75) is 13.8 Å². The van der Waals surface area contributed by atoms with Crippen LogP contribution in [0.15, 0.2) is 24.3 Å². The quantitative estimate of drug-likeness (QED) is 0.528. The molecule has 0 aliphatic heterocycles. The van der Waals surface area contributed by atoms with Gasteiger partial charge >= 0.3 is 11.9 Å². The number of rotatable bonds is 2. The van der Waals surface area contributed by atoms with E-state index in [9.17, 15) is 9.59 Å². The highest BCUT2D eigenvalue weighted by Crippen LogP contribution is 1.81. The van der Waals surface area contributed by atoms with Crippen LogP contribution in [-0.2, 0) is 9.59 Å². The molecule has 2 N–H and O–H groups in total. The Morgan fingerprint density at radius 2 is 1.00 bits per heavy atom. The first kappa shape index (κ1) is 17.8. The average molecular weight is 206 g/mol. The summed E-state index contributed by atoms with van der Waals surface area (Å²) >= 11 is 0. The molecule has 5 heteroatoms. The van der Waals surface area contributed by atoms with Gasteiger partial charge < -0.3 is 10.2 Å². The summed E-state index contributed by atoms with van der Waals surface area (Å²) in [6, 6.07) is 0. The molecule has 0 radical (unpaired) electrons. The van der Waals surface area contributed by atoms with Crippen molar-refractivity contribution < 1.29 is 19.8 Å². The van der Waals surface area contributed by atoms with E-state index in [-0.39, 0.29) is 21.0 Å². The van der Waals surface area contributed by atoms with Crippen LogP contribution < -0.4 is 0 Å². The van der Waals surface area contributed by atoms with E-state index in [0.29, 0.717) is 0 Å². The summed E-state index contributed by atoms with van der Waals surface area (Å²) in [5.41, 5.74) is 0.352. The normalized spacial score (nSPS) is 6.92. The van der Waals surface area contributed by atoms with Crippen LogP contribution in [0.2, 0.25) is 0 Å². The van der Waals surface area contributed by atoms with E-state index in [1.807, 2.05) is 0 Å². The molecule has 0 spiro atoms. The third-order valence-corrected chi connectivity index (χ3v) is 0.730. The van der Waals surface area contributed by atoms with Gasteiger partial charge in [-0.3, -0.25) is 0 Å². The Labute approximate surface area is 80.6 Å². The zero-order valence-electron chi connectivity index (χ0n) is 7.83. The SMILES string of the molecule is C=C(C)C(=O)O.C=C(C)C(=O)O.P. The second-order valence-corrected chi connectivity index (χ2v) is 2.17. The largest absolute Gasteiger partial charge is 0.478 e. The molecule has 76 valence electrons. The molecule has 0 fully saturated rings. The fourth-order valence-corrected chi connectivity index (χ4v) is 0. The van der Waals surface area contributed by atoms with Crippen molar-refractivity contribution in [1.82, 2.24) is 0 Å². The van der Waals surface area contributed by atoms with Crippen LogP contribution in [0.25, 0.3) is 0 Å². The van der Waals surface area contributed by atoms with E-state index in [0.717, 1.165) is 0 Å². The molecule has 0 heterocycles. The van der Waals surface area contributed by atoms with Crippen LogP contribution >= 0.6 is 9.90 Å². The summed E-state index contributed by atoms with van der Waals surface area (Å²) in [5, 5.41) is 15.8. The minimum Gasteiger partial charge on any atom is -0.478 e. The highest BCUT2D eigenvalue weighted by atomic mass is 31.0. The van der Waals surface area contributed by atoms with E-state index >= 15 is 0 Å². The van der Waals surface area contributed by atoms with Gasteiger partial charge in [-0.2, -0.15) is 9.90 Å². The van der Waals surface area contributed by atoms with E-state index < -0.39 is 11.9 Å². The van der Waals surface area contributed by atoms with E-state index in [4.69, 9.17) is 10.2 Å². The fourth-order valence-electron chi connectivity index (χ4n) is 0. The smallest absolute Gasteiger partial charge is 0.330 e. The van der Waals surface area contributed by atoms with Gasteiger partial charge in [0.05, 0.1) is 0 Å². The molecule has 0 bridgehead atoms. The predicted octanol–water partition coefficient (Wildman–Crippen LogP) is 1.35. The van der Waals surface area contributed by atoms with Gasteiger partial charge in [0.2, 0.25) is 0 Å². The molecule has 1 atom stereocenters. The molecular formula is C8H15O4P. The Morgan fingerprint density at radius 1 is 0.923 bits per heavy atom. The first-order chi connectivity index (χ1) is 5.29. The standard InChI is InChI=1S/2C4H6O2.H3P/c2*1-3(2)4(5)6;/h2*1H2,2H3,(H,5,6);1H3. The van der Waals surface area contributed by atoms with Crippen LogP contribution in [0.5, 0.6) is 0 Å². The van der Waals surface area contributed by atoms with Gasteiger partial charge in [0.25, 0.3) is 0 Å². The van der Waals surface area contributed by atoms with Crippen molar-refractivity contribution >= 4 is 21.8 Å². The molecule has 0 amide bonds. The Balaban J connectivity index is -0.000000143. The second kappa shape index (κ2) is 8.94. The highest BCUT2D eigenvalue weighted by Gasteiger charge is 1.90. The minimum absolute atomic E-state index is 0. The first-order valence-electron chi connectivity index (χ1n) is 3.06. The van der Waals surface area contributed by atoms with E-state index in [1.54, 1.807) is 0 Å². The van der Waals surface area contributed by atoms with Crippen LogP contribution in [0, 0.1) is 0 Å². The van der Waals surface area contributed by atoms with Crippen molar-refractivity contribution in [3.63, 3.8) is 0 Å². The van der Waals surface area contributed by atoms with Crippen molar-refractivity contribution in [1.29, 1.82) is 0 Å². The molecule has 0 aromatic heterocycles. The van der Waals surface area contributed by atoms with Crippen molar-refractivity contribution in [2.24, 2.45) is 0 Å². The maximum atomic E-state index is 9.60. The molecule has 0 saturated carbocycles. The number of hydrogen-bond donors (Lipinski definition) is 2. The average Bonchev–Trinajstić information content (AvgIpc) is 1.88. The minimum atomic E-state index is -0.935.